The number of benzene rings is 2. The Hall–Kier alpha value is -3.24. The van der Waals surface area contributed by atoms with Gasteiger partial charge in [0.25, 0.3) is 0 Å². The van der Waals surface area contributed by atoms with Crippen LogP contribution in [0.4, 0.5) is 36.8 Å². The van der Waals surface area contributed by atoms with Gasteiger partial charge in [-0.2, -0.15) is 26.3 Å². The molecule has 2 aromatic rings. The molecule has 0 fully saturated rings. The highest BCUT2D eigenvalue weighted by Gasteiger charge is 2.37. The first kappa shape index (κ1) is 29.3. The van der Waals surface area contributed by atoms with Crippen molar-refractivity contribution in [1.29, 1.82) is 0 Å². The highest BCUT2D eigenvalue weighted by atomic mass is 19.4. The average molecular weight is 545 g/mol. The average Bonchev–Trinajstić information content (AvgIpc) is 3.30. The second-order valence-electron chi connectivity index (χ2n) is 9.43. The highest BCUT2D eigenvalue weighted by Crippen LogP contribution is 2.39. The Morgan fingerprint density at radius 1 is 0.921 bits per heavy atom. The van der Waals surface area contributed by atoms with Crippen LogP contribution in [0.1, 0.15) is 79.5 Å². The Balaban J connectivity index is 2.11. The molecule has 0 radical (unpaired) electrons. The van der Waals surface area contributed by atoms with Gasteiger partial charge in [0.05, 0.1) is 17.2 Å². The highest BCUT2D eigenvalue weighted by molar-refractivity contribution is 5.94. The van der Waals surface area contributed by atoms with Crippen LogP contribution in [0.3, 0.4) is 0 Å². The zero-order chi connectivity index (χ0) is 28.4. The van der Waals surface area contributed by atoms with Crippen LogP contribution in [0, 0.1) is 0 Å². The van der Waals surface area contributed by atoms with E-state index < -0.39 is 47.7 Å². The number of hydrogen-bond acceptors (Lipinski definition) is 2. The summed E-state index contributed by atoms with van der Waals surface area (Å²) >= 11 is 0. The molecule has 1 atom stereocenters. The summed E-state index contributed by atoms with van der Waals surface area (Å²) in [6.45, 7) is 4.78. The monoisotopic (exact) mass is 544 g/mol. The molecule has 2 amide bonds. The van der Waals surface area contributed by atoms with E-state index in [-0.39, 0.29) is 18.4 Å². The second-order valence-corrected chi connectivity index (χ2v) is 9.43. The Bertz CT molecular complexity index is 1160. The van der Waals surface area contributed by atoms with Gasteiger partial charge in [0.15, 0.2) is 0 Å². The number of hydrogen-bond donors (Lipinski definition) is 1. The van der Waals surface area contributed by atoms with Gasteiger partial charge in [-0.25, -0.2) is 4.79 Å². The molecule has 0 saturated heterocycles. The van der Waals surface area contributed by atoms with Crippen molar-refractivity contribution in [3.63, 3.8) is 0 Å². The first-order chi connectivity index (χ1) is 17.7. The zero-order valence-corrected chi connectivity index (χ0v) is 21.3. The minimum absolute atomic E-state index is 0.00955. The van der Waals surface area contributed by atoms with Crippen LogP contribution in [-0.2, 0) is 36.5 Å². The van der Waals surface area contributed by atoms with E-state index in [0.717, 1.165) is 35.3 Å². The number of rotatable bonds is 8. The molecule has 0 bridgehead atoms. The van der Waals surface area contributed by atoms with Crippen molar-refractivity contribution >= 4 is 17.7 Å². The summed E-state index contributed by atoms with van der Waals surface area (Å²) in [6.07, 6.45) is -8.35. The number of carbonyl (C=O) groups is 2. The molecule has 1 unspecified atom stereocenters. The van der Waals surface area contributed by atoms with Crippen LogP contribution in [0.2, 0.25) is 0 Å². The fraction of sp³-hybridized carbons (Fsp3) is 0.481. The van der Waals surface area contributed by atoms with E-state index in [9.17, 15) is 41.0 Å². The Morgan fingerprint density at radius 3 is 1.95 bits per heavy atom. The van der Waals surface area contributed by atoms with E-state index in [1.807, 2.05) is 19.1 Å². The smallest absolute Gasteiger partial charge is 0.416 e. The van der Waals surface area contributed by atoms with Gasteiger partial charge < -0.3 is 10.0 Å². The van der Waals surface area contributed by atoms with Crippen LogP contribution >= 0.6 is 0 Å². The van der Waals surface area contributed by atoms with Crippen molar-refractivity contribution in [2.24, 2.45) is 0 Å². The quantitative estimate of drug-likeness (QED) is 0.348. The molecule has 3 rings (SSSR count). The zero-order valence-electron chi connectivity index (χ0n) is 21.3. The Morgan fingerprint density at radius 2 is 1.47 bits per heavy atom. The lowest BCUT2D eigenvalue weighted by Gasteiger charge is -2.32. The third-order valence-corrected chi connectivity index (χ3v) is 6.75. The molecule has 1 aliphatic rings. The van der Waals surface area contributed by atoms with Gasteiger partial charge >= 0.3 is 18.4 Å². The van der Waals surface area contributed by atoms with Crippen LogP contribution < -0.4 is 4.90 Å². The summed E-state index contributed by atoms with van der Waals surface area (Å²) in [7, 11) is 0. The van der Waals surface area contributed by atoms with Crippen molar-refractivity contribution in [1.82, 2.24) is 4.90 Å². The van der Waals surface area contributed by atoms with E-state index in [1.54, 1.807) is 11.8 Å². The van der Waals surface area contributed by atoms with E-state index in [2.05, 4.69) is 0 Å². The number of halogens is 6. The summed E-state index contributed by atoms with van der Waals surface area (Å²) in [6, 6.07) is 3.79. The molecule has 0 spiro atoms. The Kier molecular flexibility index (Phi) is 8.68. The first-order valence-electron chi connectivity index (χ1n) is 12.4. The van der Waals surface area contributed by atoms with Gasteiger partial charge in [0, 0.05) is 25.2 Å². The number of amides is 2. The van der Waals surface area contributed by atoms with Gasteiger partial charge in [-0.05, 0) is 79.1 Å². The topological polar surface area (TPSA) is 60.9 Å². The van der Waals surface area contributed by atoms with Crippen LogP contribution in [-0.4, -0.2) is 28.6 Å². The van der Waals surface area contributed by atoms with Crippen LogP contribution in [0.15, 0.2) is 30.3 Å². The van der Waals surface area contributed by atoms with Crippen molar-refractivity contribution in [2.75, 3.05) is 11.4 Å². The molecule has 38 heavy (non-hydrogen) atoms. The first-order valence-corrected chi connectivity index (χ1v) is 12.4. The fourth-order valence-electron chi connectivity index (χ4n) is 4.84. The van der Waals surface area contributed by atoms with Crippen molar-refractivity contribution in [2.45, 2.75) is 77.8 Å². The summed E-state index contributed by atoms with van der Waals surface area (Å²) in [5, 5.41) is 10.0. The number of carbonyl (C=O) groups excluding carboxylic acids is 1. The molecule has 1 aliphatic carbocycles. The van der Waals surface area contributed by atoms with Gasteiger partial charge in [0.1, 0.15) is 0 Å². The molecular formula is C27H30F6N2O3. The molecule has 11 heteroatoms. The minimum Gasteiger partial charge on any atom is -0.465 e. The number of alkyl halides is 6. The molecule has 5 nitrogen and oxygen atoms in total. The van der Waals surface area contributed by atoms with E-state index in [1.165, 1.54) is 6.92 Å². The molecule has 208 valence electrons. The molecule has 0 aromatic heterocycles. The third kappa shape index (κ3) is 6.42. The van der Waals surface area contributed by atoms with E-state index >= 15 is 0 Å². The lowest BCUT2D eigenvalue weighted by molar-refractivity contribution is -0.143. The minimum atomic E-state index is -5.05. The summed E-state index contributed by atoms with van der Waals surface area (Å²) in [4.78, 5) is 27.5. The summed E-state index contributed by atoms with van der Waals surface area (Å²) in [5.41, 5.74) is -0.457. The predicted molar refractivity (Wildman–Crippen MR) is 130 cm³/mol. The number of anilines is 1. The molecule has 2 aromatic carbocycles. The third-order valence-electron chi connectivity index (χ3n) is 6.75. The van der Waals surface area contributed by atoms with Crippen molar-refractivity contribution < 1.29 is 41.0 Å². The summed E-state index contributed by atoms with van der Waals surface area (Å²) in [5.74, 6) is -0.173. The Labute approximate surface area is 217 Å². The number of carboxylic acid groups (broad SMARTS) is 1. The maximum Gasteiger partial charge on any atom is 0.416 e. The number of aryl methyl sites for hydroxylation is 2. The van der Waals surface area contributed by atoms with Gasteiger partial charge in [-0.1, -0.05) is 19.9 Å². The maximum absolute atomic E-state index is 13.4. The van der Waals surface area contributed by atoms with Crippen molar-refractivity contribution in [3.05, 3.63) is 63.7 Å². The number of nitrogens with zero attached hydrogens (tertiary/aromatic N) is 2. The van der Waals surface area contributed by atoms with Gasteiger partial charge in [-0.3, -0.25) is 9.69 Å². The molecule has 1 N–H and O–H groups in total. The van der Waals surface area contributed by atoms with Crippen LogP contribution in [0.25, 0.3) is 0 Å². The van der Waals surface area contributed by atoms with Crippen molar-refractivity contribution in [3.8, 4) is 0 Å². The van der Waals surface area contributed by atoms with E-state index in [0.29, 0.717) is 36.3 Å². The lowest BCUT2D eigenvalue weighted by atomic mass is 9.96. The maximum atomic E-state index is 13.4. The molecular weight excluding hydrogens is 514 g/mol. The largest absolute Gasteiger partial charge is 0.465 e. The molecule has 0 aliphatic heterocycles. The van der Waals surface area contributed by atoms with E-state index in [4.69, 9.17) is 0 Å². The van der Waals surface area contributed by atoms with Gasteiger partial charge in [-0.15, -0.1) is 0 Å². The van der Waals surface area contributed by atoms with Crippen LogP contribution in [0.5, 0.6) is 0 Å². The molecule has 0 saturated carbocycles. The standard InChI is InChI=1S/C27H30F6N2O3/c1-4-9-34(24(36)5-2)23-13-19-8-6-7-18(19)12-22(23)16(3)35(25(37)38)15-17-10-20(26(28,29)30)14-21(11-17)27(31,32)33/h10-14,16H,4-9,15H2,1-3H3,(H,37,38). The van der Waals surface area contributed by atoms with Gasteiger partial charge in [0.2, 0.25) is 5.91 Å². The fourth-order valence-corrected chi connectivity index (χ4v) is 4.84. The molecule has 0 heterocycles. The predicted octanol–water partition coefficient (Wildman–Crippen LogP) is 7.61. The summed E-state index contributed by atoms with van der Waals surface area (Å²) < 4.78 is 80.2. The normalized spacial score (nSPS) is 14.2. The second kappa shape index (κ2) is 11.2. The lowest BCUT2D eigenvalue weighted by Crippen LogP contribution is -2.36. The number of fused-ring (bicyclic) bond motifs is 1. The SMILES string of the molecule is CCCN(C(=O)CC)c1cc2c(cc1C(C)N(Cc1cc(C(F)(F)F)cc(C(F)(F)F)c1)C(=O)O)CCC2.